The zero-order valence-electron chi connectivity index (χ0n) is 14.0. The van der Waals surface area contributed by atoms with Gasteiger partial charge in [-0.1, -0.05) is 0 Å². The van der Waals surface area contributed by atoms with Crippen molar-refractivity contribution in [3.63, 3.8) is 0 Å². The molecule has 1 heterocycles. The number of hydrogen-bond acceptors (Lipinski definition) is 6. The molecule has 2 N–H and O–H groups in total. The Balaban J connectivity index is 2.39. The molecule has 8 heteroatoms. The molecule has 0 saturated carbocycles. The molecular weight excluding hydrogens is 421 g/mol. The van der Waals surface area contributed by atoms with E-state index in [0.717, 1.165) is 3.58 Å². The number of hydroxylamine groups is 2. The van der Waals surface area contributed by atoms with Gasteiger partial charge in [0.05, 0.1) is 0 Å². The SMILES string of the molecule is [CH3][Sn]([CH3])([CH3])[c]1c(CO)cc(C(=O)ON2C(=O)CCC2=O)cc1CO. The third-order valence-electron chi connectivity index (χ3n) is 3.81. The van der Waals surface area contributed by atoms with Gasteiger partial charge in [-0.2, -0.15) is 0 Å². The van der Waals surface area contributed by atoms with Gasteiger partial charge in [-0.25, -0.2) is 0 Å². The predicted octanol–water partition coefficient (Wildman–Crippen LogP) is 0.437. The summed E-state index contributed by atoms with van der Waals surface area (Å²) >= 11 is -2.65. The van der Waals surface area contributed by atoms with Crippen LogP contribution in [0, 0.1) is 0 Å². The molecule has 1 aliphatic rings. The molecule has 1 aromatic rings. The first-order valence-electron chi connectivity index (χ1n) is 7.65. The van der Waals surface area contributed by atoms with Crippen LogP contribution >= 0.6 is 0 Å². The fourth-order valence-corrected chi connectivity index (χ4v) is 9.25. The Morgan fingerprint density at radius 3 is 1.92 bits per heavy atom. The van der Waals surface area contributed by atoms with Crippen molar-refractivity contribution in [3.8, 4) is 0 Å². The van der Waals surface area contributed by atoms with Gasteiger partial charge in [0.1, 0.15) is 0 Å². The second kappa shape index (κ2) is 7.20. The third-order valence-corrected chi connectivity index (χ3v) is 9.92. The second-order valence-electron chi connectivity index (χ2n) is 6.70. The summed E-state index contributed by atoms with van der Waals surface area (Å²) in [6.45, 7) is -0.529. The zero-order valence-corrected chi connectivity index (χ0v) is 16.8. The number of aliphatic hydroxyl groups excluding tert-OH is 2. The van der Waals surface area contributed by atoms with Crippen molar-refractivity contribution in [2.45, 2.75) is 40.9 Å². The van der Waals surface area contributed by atoms with Crippen LogP contribution in [0.25, 0.3) is 0 Å². The molecule has 24 heavy (non-hydrogen) atoms. The molecule has 130 valence electrons. The predicted molar refractivity (Wildman–Crippen MR) is 87.8 cm³/mol. The molecule has 7 nitrogen and oxygen atoms in total. The molecule has 0 aliphatic carbocycles. The summed E-state index contributed by atoms with van der Waals surface area (Å²) in [5, 5.41) is 19.8. The van der Waals surface area contributed by atoms with Crippen LogP contribution in [0.15, 0.2) is 12.1 Å². The summed E-state index contributed by atoms with van der Waals surface area (Å²) in [4.78, 5) is 46.7. The fourth-order valence-electron chi connectivity index (χ4n) is 2.89. The van der Waals surface area contributed by atoms with Gasteiger partial charge in [0.2, 0.25) is 0 Å². The van der Waals surface area contributed by atoms with Crippen molar-refractivity contribution < 1.29 is 29.4 Å². The summed E-state index contributed by atoms with van der Waals surface area (Å²) in [6, 6.07) is 3.01. The van der Waals surface area contributed by atoms with E-state index in [9.17, 15) is 24.6 Å². The van der Waals surface area contributed by atoms with Crippen LogP contribution in [-0.4, -0.2) is 51.4 Å². The first kappa shape index (κ1) is 18.9. The average molecular weight is 442 g/mol. The zero-order chi connectivity index (χ0) is 18.1. The van der Waals surface area contributed by atoms with Crippen molar-refractivity contribution in [3.05, 3.63) is 28.8 Å². The van der Waals surface area contributed by atoms with Gasteiger partial charge >= 0.3 is 144 Å². The van der Waals surface area contributed by atoms with Gasteiger partial charge < -0.3 is 0 Å². The van der Waals surface area contributed by atoms with E-state index in [1.54, 1.807) is 0 Å². The molecule has 0 atom stereocenters. The summed E-state index contributed by atoms with van der Waals surface area (Å²) in [5.41, 5.74) is 1.25. The molecule has 0 bridgehead atoms. The summed E-state index contributed by atoms with van der Waals surface area (Å²) in [7, 11) is 0. The quantitative estimate of drug-likeness (QED) is 0.507. The molecular formula is C16H21NO6Sn. The number of amides is 2. The van der Waals surface area contributed by atoms with Crippen molar-refractivity contribution in [1.82, 2.24) is 5.06 Å². The minimum absolute atomic E-state index is 0.0212. The van der Waals surface area contributed by atoms with Crippen LogP contribution in [0.4, 0.5) is 0 Å². The summed E-state index contributed by atoms with van der Waals surface area (Å²) < 4.78 is 0.958. The Morgan fingerprint density at radius 1 is 1.08 bits per heavy atom. The van der Waals surface area contributed by atoms with Crippen LogP contribution < -0.4 is 3.58 Å². The number of carbonyl (C=O) groups excluding carboxylic acids is 3. The number of nitrogens with zero attached hydrogens (tertiary/aromatic N) is 1. The topological polar surface area (TPSA) is 104 Å². The molecule has 1 saturated heterocycles. The molecule has 0 aromatic heterocycles. The van der Waals surface area contributed by atoms with E-state index in [2.05, 4.69) is 14.8 Å². The van der Waals surface area contributed by atoms with E-state index < -0.39 is 36.2 Å². The van der Waals surface area contributed by atoms with E-state index in [-0.39, 0.29) is 31.6 Å². The van der Waals surface area contributed by atoms with Gasteiger partial charge in [0.25, 0.3) is 0 Å². The standard InChI is InChI=1S/C13H12NO6.3CH3.Sn/c15-6-8-3-9(7-16)5-10(4-8)13(19)20-14-11(17)1-2-12(14)18;;;;/h4-5,15-16H,1-2,6-7H2;3*1H3;. The molecule has 2 rings (SSSR count). The Hall–Kier alpha value is -1.45. The van der Waals surface area contributed by atoms with E-state index in [1.165, 1.54) is 12.1 Å². The van der Waals surface area contributed by atoms with Crippen molar-refractivity contribution in [2.75, 3.05) is 0 Å². The normalized spacial score (nSPS) is 15.1. The van der Waals surface area contributed by atoms with Gasteiger partial charge in [-0.3, -0.25) is 0 Å². The number of imide groups is 1. The molecule has 0 radical (unpaired) electrons. The van der Waals surface area contributed by atoms with Crippen LogP contribution in [0.5, 0.6) is 0 Å². The van der Waals surface area contributed by atoms with Gasteiger partial charge in [-0.15, -0.1) is 0 Å². The first-order valence-corrected chi connectivity index (χ1v) is 17.6. The van der Waals surface area contributed by atoms with Crippen molar-refractivity contribution in [1.29, 1.82) is 0 Å². The van der Waals surface area contributed by atoms with Crippen LogP contribution in [0.2, 0.25) is 14.8 Å². The minimum atomic E-state index is -2.65. The van der Waals surface area contributed by atoms with Crippen LogP contribution in [0.1, 0.15) is 34.3 Å². The fraction of sp³-hybridized carbons (Fsp3) is 0.438. The number of carbonyl (C=O) groups is 3. The monoisotopic (exact) mass is 443 g/mol. The van der Waals surface area contributed by atoms with Crippen molar-refractivity contribution >= 4 is 39.7 Å². The van der Waals surface area contributed by atoms with Gasteiger partial charge in [-0.05, 0) is 0 Å². The number of benzene rings is 1. The van der Waals surface area contributed by atoms with E-state index in [4.69, 9.17) is 4.84 Å². The van der Waals surface area contributed by atoms with E-state index in [0.29, 0.717) is 16.2 Å². The maximum atomic E-state index is 12.3. The molecule has 1 fully saturated rings. The molecule has 0 unspecified atom stereocenters. The third kappa shape index (κ3) is 3.79. The maximum absolute atomic E-state index is 12.3. The first-order chi connectivity index (χ1) is 11.2. The summed E-state index contributed by atoms with van der Waals surface area (Å²) in [6.07, 6.45) is 0.0423. The Labute approximate surface area is 144 Å². The Kier molecular flexibility index (Phi) is 5.66. The molecule has 0 spiro atoms. The number of rotatable bonds is 5. The number of hydrogen-bond donors (Lipinski definition) is 2. The van der Waals surface area contributed by atoms with Gasteiger partial charge in [0, 0.05) is 0 Å². The van der Waals surface area contributed by atoms with E-state index >= 15 is 0 Å². The molecule has 1 aliphatic heterocycles. The molecule has 2 amide bonds. The van der Waals surface area contributed by atoms with Gasteiger partial charge in [0.15, 0.2) is 0 Å². The Morgan fingerprint density at radius 2 is 1.54 bits per heavy atom. The van der Waals surface area contributed by atoms with Crippen molar-refractivity contribution in [2.24, 2.45) is 0 Å². The van der Waals surface area contributed by atoms with Crippen LogP contribution in [-0.2, 0) is 27.6 Å². The van der Waals surface area contributed by atoms with Crippen LogP contribution in [0.3, 0.4) is 0 Å². The number of aliphatic hydroxyl groups is 2. The summed E-state index contributed by atoms with van der Waals surface area (Å²) in [5.74, 6) is -1.97. The Bertz CT molecular complexity index is 653. The molecule has 1 aromatic carbocycles. The van der Waals surface area contributed by atoms with E-state index in [1.807, 2.05) is 0 Å². The second-order valence-corrected chi connectivity index (χ2v) is 21.0. The average Bonchev–Trinajstić information content (AvgIpc) is 2.84.